The molecular weight excluding hydrogens is 608 g/mol. The summed E-state index contributed by atoms with van der Waals surface area (Å²) in [6, 6.07) is 16.1. The molecule has 2 aromatic carbocycles. The van der Waals surface area contributed by atoms with Gasteiger partial charge in [0.2, 0.25) is 11.8 Å². The minimum absolute atomic E-state index is 0.212. The van der Waals surface area contributed by atoms with Crippen LogP contribution in [0.4, 0.5) is 5.82 Å². The van der Waals surface area contributed by atoms with Crippen molar-refractivity contribution in [1.82, 2.24) is 25.1 Å². The summed E-state index contributed by atoms with van der Waals surface area (Å²) < 4.78 is 5.87. The molecule has 0 bridgehead atoms. The van der Waals surface area contributed by atoms with Gasteiger partial charge in [0.25, 0.3) is 11.8 Å². The molecule has 2 aromatic heterocycles. The van der Waals surface area contributed by atoms with Crippen molar-refractivity contribution in [2.45, 2.75) is 57.2 Å². The van der Waals surface area contributed by atoms with Crippen LogP contribution >= 0.6 is 0 Å². The second kappa shape index (κ2) is 13.3. The van der Waals surface area contributed by atoms with E-state index in [9.17, 15) is 19.2 Å². The first kappa shape index (κ1) is 31.1. The van der Waals surface area contributed by atoms with E-state index in [4.69, 9.17) is 4.74 Å². The Bertz CT molecular complexity index is 1970. The van der Waals surface area contributed by atoms with Crippen molar-refractivity contribution in [2.75, 3.05) is 25.5 Å². The molecule has 2 fully saturated rings. The van der Waals surface area contributed by atoms with Crippen LogP contribution in [-0.4, -0.2) is 69.6 Å². The summed E-state index contributed by atoms with van der Waals surface area (Å²) in [6.07, 6.45) is 5.92. The molecule has 0 spiro atoms. The number of aromatic amines is 1. The van der Waals surface area contributed by atoms with Crippen LogP contribution in [0.3, 0.4) is 0 Å². The van der Waals surface area contributed by atoms with E-state index in [1.165, 1.54) is 17.0 Å². The Morgan fingerprint density at radius 3 is 2.73 bits per heavy atom. The van der Waals surface area contributed by atoms with Gasteiger partial charge >= 0.3 is 0 Å². The molecule has 3 aliphatic rings. The Kier molecular flexibility index (Phi) is 8.65. The number of fused-ring (bicyclic) bond motifs is 2. The Hall–Kier alpha value is -5.47. The quantitative estimate of drug-likeness (QED) is 0.145. The number of hydrogen-bond donors (Lipinski definition) is 3. The van der Waals surface area contributed by atoms with Crippen molar-refractivity contribution in [3.05, 3.63) is 88.7 Å². The molecular formula is C37H36N6O5. The van der Waals surface area contributed by atoms with Crippen molar-refractivity contribution in [2.24, 2.45) is 0 Å². The predicted octanol–water partition coefficient (Wildman–Crippen LogP) is 4.55. The van der Waals surface area contributed by atoms with Gasteiger partial charge in [-0.25, -0.2) is 4.98 Å². The lowest BCUT2D eigenvalue weighted by Gasteiger charge is -2.29. The standard InChI is InChI=1S/C37H36N6O5/c1-42-17-6-10-31(42)30-19-25-21-38-33(20-29(25)39-30)40-35(45)24-11-13-26(14-12-24)48-18-4-2-3-7-23-8-5-9-27-28(23)22-43(37(27)47)32-15-16-34(44)41-36(32)46/h5,8-9,11-14,19-21,31-32,39H,2,4,6,10,15-18,22H2,1H3,(H,38,40,45)(H,41,44,46)/t31-,32?/m1/s1. The fourth-order valence-electron chi connectivity index (χ4n) is 6.70. The number of amides is 4. The molecule has 5 heterocycles. The zero-order valence-electron chi connectivity index (χ0n) is 26.7. The van der Waals surface area contributed by atoms with E-state index < -0.39 is 11.9 Å². The maximum atomic E-state index is 13.0. The van der Waals surface area contributed by atoms with E-state index in [2.05, 4.69) is 50.5 Å². The molecule has 0 saturated carbocycles. The third-order valence-electron chi connectivity index (χ3n) is 9.28. The summed E-state index contributed by atoms with van der Waals surface area (Å²) in [5.74, 6) is 6.29. The summed E-state index contributed by atoms with van der Waals surface area (Å²) >= 11 is 0. The molecule has 11 nitrogen and oxygen atoms in total. The van der Waals surface area contributed by atoms with Gasteiger partial charge in [-0.05, 0) is 87.3 Å². The Balaban J connectivity index is 0.886. The van der Waals surface area contributed by atoms with Crippen molar-refractivity contribution in [1.29, 1.82) is 0 Å². The fraction of sp³-hybridized carbons (Fsp3) is 0.324. The van der Waals surface area contributed by atoms with Crippen LogP contribution in [-0.2, 0) is 16.1 Å². The average Bonchev–Trinajstić information content (AvgIpc) is 3.79. The van der Waals surface area contributed by atoms with Gasteiger partial charge in [-0.3, -0.25) is 29.4 Å². The molecule has 0 radical (unpaired) electrons. The number of likely N-dealkylation sites (tertiary alicyclic amines) is 1. The second-order valence-corrected chi connectivity index (χ2v) is 12.5. The number of unbranched alkanes of at least 4 members (excludes halogenated alkanes) is 1. The van der Waals surface area contributed by atoms with Gasteiger partial charge in [0.1, 0.15) is 17.6 Å². The predicted molar refractivity (Wildman–Crippen MR) is 179 cm³/mol. The highest BCUT2D eigenvalue weighted by Crippen LogP contribution is 2.32. The number of imide groups is 1. The van der Waals surface area contributed by atoms with Gasteiger partial charge in [0, 0.05) is 65.5 Å². The number of ether oxygens (including phenoxy) is 1. The van der Waals surface area contributed by atoms with Crippen molar-refractivity contribution in [3.63, 3.8) is 0 Å². The summed E-state index contributed by atoms with van der Waals surface area (Å²) in [7, 11) is 2.14. The second-order valence-electron chi connectivity index (χ2n) is 12.5. The first-order valence-electron chi connectivity index (χ1n) is 16.3. The van der Waals surface area contributed by atoms with Gasteiger partial charge in [-0.1, -0.05) is 17.9 Å². The molecule has 3 N–H and O–H groups in total. The molecule has 0 aliphatic carbocycles. The number of piperidine rings is 1. The topological polar surface area (TPSA) is 137 Å². The molecule has 244 valence electrons. The van der Waals surface area contributed by atoms with Crippen LogP contribution in [0.15, 0.2) is 60.8 Å². The summed E-state index contributed by atoms with van der Waals surface area (Å²) in [5.41, 5.74) is 4.74. The van der Waals surface area contributed by atoms with Gasteiger partial charge in [0.15, 0.2) is 0 Å². The van der Waals surface area contributed by atoms with Gasteiger partial charge in [-0.15, -0.1) is 0 Å². The lowest BCUT2D eigenvalue weighted by atomic mass is 10.0. The maximum Gasteiger partial charge on any atom is 0.256 e. The number of benzene rings is 2. The number of aromatic nitrogens is 2. The third-order valence-corrected chi connectivity index (χ3v) is 9.28. The van der Waals surface area contributed by atoms with E-state index >= 15 is 0 Å². The highest BCUT2D eigenvalue weighted by molar-refractivity contribution is 6.06. The van der Waals surface area contributed by atoms with E-state index in [-0.39, 0.29) is 24.1 Å². The smallest absolute Gasteiger partial charge is 0.256 e. The van der Waals surface area contributed by atoms with E-state index in [0.717, 1.165) is 35.0 Å². The molecule has 2 atom stereocenters. The molecule has 1 unspecified atom stereocenters. The number of carbonyl (C=O) groups is 4. The first-order valence-corrected chi connectivity index (χ1v) is 16.3. The van der Waals surface area contributed by atoms with Crippen LogP contribution in [0.5, 0.6) is 5.75 Å². The number of pyridine rings is 1. The number of nitrogens with zero attached hydrogens (tertiary/aromatic N) is 3. The zero-order valence-corrected chi connectivity index (χ0v) is 26.7. The summed E-state index contributed by atoms with van der Waals surface area (Å²) in [6.45, 7) is 1.84. The van der Waals surface area contributed by atoms with Crippen molar-refractivity contribution in [3.8, 4) is 17.6 Å². The molecule has 2 saturated heterocycles. The molecule has 4 amide bonds. The van der Waals surface area contributed by atoms with E-state index in [1.807, 2.05) is 12.1 Å². The van der Waals surface area contributed by atoms with Crippen molar-refractivity contribution < 1.29 is 23.9 Å². The van der Waals surface area contributed by atoms with Crippen LogP contribution in [0.25, 0.3) is 10.9 Å². The van der Waals surface area contributed by atoms with Crippen LogP contribution in [0, 0.1) is 11.8 Å². The number of carbonyl (C=O) groups excluding carboxylic acids is 4. The summed E-state index contributed by atoms with van der Waals surface area (Å²) in [5, 5.41) is 6.24. The minimum atomic E-state index is -0.654. The van der Waals surface area contributed by atoms with Crippen LogP contribution < -0.4 is 15.4 Å². The number of anilines is 1. The number of H-pyrrole nitrogens is 1. The van der Waals surface area contributed by atoms with Gasteiger partial charge in [0.05, 0.1) is 12.1 Å². The largest absolute Gasteiger partial charge is 0.494 e. The molecule has 7 rings (SSSR count). The Labute approximate surface area is 278 Å². The molecule has 4 aromatic rings. The Morgan fingerprint density at radius 1 is 1.08 bits per heavy atom. The van der Waals surface area contributed by atoms with Gasteiger partial charge in [-0.2, -0.15) is 0 Å². The molecule has 48 heavy (non-hydrogen) atoms. The third kappa shape index (κ3) is 6.39. The Morgan fingerprint density at radius 2 is 1.94 bits per heavy atom. The SMILES string of the molecule is CN1CCC[C@@H]1c1cc2cnc(NC(=O)c3ccc(OCCCC#Cc4cccc5c4CN(C4CCC(=O)NC4=O)C5=O)cc3)cc2[nH]1. The molecule has 11 heteroatoms. The minimum Gasteiger partial charge on any atom is -0.494 e. The van der Waals surface area contributed by atoms with E-state index in [0.29, 0.717) is 61.2 Å². The molecule has 3 aliphatic heterocycles. The summed E-state index contributed by atoms with van der Waals surface area (Å²) in [4.78, 5) is 61.6. The average molecular weight is 645 g/mol. The lowest BCUT2D eigenvalue weighted by Crippen LogP contribution is -2.52. The van der Waals surface area contributed by atoms with Crippen molar-refractivity contribution >= 4 is 40.3 Å². The number of rotatable bonds is 8. The maximum absolute atomic E-state index is 13.0. The highest BCUT2D eigenvalue weighted by atomic mass is 16.5. The fourth-order valence-corrected chi connectivity index (χ4v) is 6.70. The first-order chi connectivity index (χ1) is 23.3. The van der Waals surface area contributed by atoms with Gasteiger partial charge < -0.3 is 19.9 Å². The lowest BCUT2D eigenvalue weighted by molar-refractivity contribution is -0.136. The van der Waals surface area contributed by atoms with Crippen LogP contribution in [0.1, 0.15) is 82.1 Å². The van der Waals surface area contributed by atoms with E-state index in [1.54, 1.807) is 42.6 Å². The van der Waals surface area contributed by atoms with Crippen LogP contribution in [0.2, 0.25) is 0 Å². The highest BCUT2D eigenvalue weighted by Gasteiger charge is 2.39. The monoisotopic (exact) mass is 644 g/mol. The zero-order chi connectivity index (χ0) is 33.2. The normalized spacial score (nSPS) is 19.2. The number of nitrogens with one attached hydrogen (secondary N) is 3. The number of hydrogen-bond acceptors (Lipinski definition) is 7.